The summed E-state index contributed by atoms with van der Waals surface area (Å²) in [7, 11) is 0. The Morgan fingerprint density at radius 2 is 2.14 bits per heavy atom. The molecule has 0 bridgehead atoms. The van der Waals surface area contributed by atoms with Gasteiger partial charge in [-0.05, 0) is 58.9 Å². The van der Waals surface area contributed by atoms with Gasteiger partial charge in [0, 0.05) is 12.0 Å². The van der Waals surface area contributed by atoms with Crippen molar-refractivity contribution in [2.75, 3.05) is 6.54 Å². The fourth-order valence-electron chi connectivity index (χ4n) is 2.48. The molecule has 1 atom stereocenters. The summed E-state index contributed by atoms with van der Waals surface area (Å²) < 4.78 is 13.7. The lowest BCUT2D eigenvalue weighted by Gasteiger charge is -2.15. The third-order valence-electron chi connectivity index (χ3n) is 3.48. The van der Waals surface area contributed by atoms with E-state index in [9.17, 15) is 4.39 Å². The number of halogens is 2. The molecule has 1 aromatic heterocycles. The van der Waals surface area contributed by atoms with Crippen molar-refractivity contribution in [2.24, 2.45) is 17.6 Å². The van der Waals surface area contributed by atoms with E-state index in [0.717, 1.165) is 29.9 Å². The molecule has 114 valence electrons. The largest absolute Gasteiger partial charge is 0.342 e. The summed E-state index contributed by atoms with van der Waals surface area (Å²) in [5.41, 5.74) is 7.64. The predicted octanol–water partition coefficient (Wildman–Crippen LogP) is 4.14. The van der Waals surface area contributed by atoms with E-state index in [0.29, 0.717) is 22.9 Å². The van der Waals surface area contributed by atoms with E-state index in [2.05, 4.69) is 39.7 Å². The lowest BCUT2D eigenvalue weighted by atomic mass is 9.94. The van der Waals surface area contributed by atoms with Gasteiger partial charge in [-0.25, -0.2) is 9.37 Å². The summed E-state index contributed by atoms with van der Waals surface area (Å²) in [6.07, 6.45) is 3.73. The molecule has 21 heavy (non-hydrogen) atoms. The molecule has 1 heterocycles. The lowest BCUT2D eigenvalue weighted by molar-refractivity contribution is 0.409. The van der Waals surface area contributed by atoms with Gasteiger partial charge in [-0.1, -0.05) is 13.8 Å². The first-order valence-electron chi connectivity index (χ1n) is 7.19. The highest BCUT2D eigenvalue weighted by Gasteiger charge is 2.13. The van der Waals surface area contributed by atoms with Gasteiger partial charge >= 0.3 is 0 Å². The maximum absolute atomic E-state index is 13.3. The Bertz CT molecular complexity index is 595. The van der Waals surface area contributed by atoms with Gasteiger partial charge in [0.25, 0.3) is 0 Å². The van der Waals surface area contributed by atoms with Crippen LogP contribution in [0.15, 0.2) is 28.9 Å². The number of hydrogen-bond donors (Lipinski definition) is 2. The second-order valence-electron chi connectivity index (χ2n) is 5.81. The number of H-pyrrole nitrogens is 1. The van der Waals surface area contributed by atoms with Gasteiger partial charge in [-0.15, -0.1) is 0 Å². The van der Waals surface area contributed by atoms with Crippen LogP contribution in [0.3, 0.4) is 0 Å². The average molecular weight is 354 g/mol. The zero-order chi connectivity index (χ0) is 15.4. The van der Waals surface area contributed by atoms with Crippen molar-refractivity contribution in [3.05, 3.63) is 40.5 Å². The Morgan fingerprint density at radius 1 is 1.38 bits per heavy atom. The third kappa shape index (κ3) is 4.38. The second kappa shape index (κ2) is 7.18. The van der Waals surface area contributed by atoms with E-state index in [-0.39, 0.29) is 5.82 Å². The van der Waals surface area contributed by atoms with Crippen LogP contribution in [0.2, 0.25) is 0 Å². The maximum atomic E-state index is 13.3. The first-order valence-corrected chi connectivity index (χ1v) is 7.98. The van der Waals surface area contributed by atoms with E-state index >= 15 is 0 Å². The molecule has 0 aliphatic heterocycles. The van der Waals surface area contributed by atoms with Gasteiger partial charge in [0.15, 0.2) is 0 Å². The number of benzene rings is 1. The molecule has 0 aliphatic carbocycles. The van der Waals surface area contributed by atoms with Crippen LogP contribution >= 0.6 is 15.9 Å². The van der Waals surface area contributed by atoms with Crippen LogP contribution < -0.4 is 5.73 Å². The molecule has 0 fully saturated rings. The fraction of sp³-hybridized carbons (Fsp3) is 0.438. The average Bonchev–Trinajstić information content (AvgIpc) is 2.89. The van der Waals surface area contributed by atoms with Crippen molar-refractivity contribution in [3.63, 3.8) is 0 Å². The standard InChI is InChI=1S/C16H21BrFN3/c1-10(2)5-11(8-19)6-16-20-9-15(21-16)12-3-4-14(18)13(17)7-12/h3-4,7,9-11H,5-6,8,19H2,1-2H3,(H,20,21). The van der Waals surface area contributed by atoms with Crippen LogP contribution in [0.1, 0.15) is 26.1 Å². The molecule has 0 saturated carbocycles. The van der Waals surface area contributed by atoms with E-state index in [1.54, 1.807) is 18.3 Å². The molecule has 0 saturated heterocycles. The minimum absolute atomic E-state index is 0.265. The monoisotopic (exact) mass is 353 g/mol. The van der Waals surface area contributed by atoms with Crippen LogP contribution in [-0.4, -0.2) is 16.5 Å². The highest BCUT2D eigenvalue weighted by Crippen LogP contribution is 2.24. The minimum Gasteiger partial charge on any atom is -0.342 e. The summed E-state index contributed by atoms with van der Waals surface area (Å²) in [6.45, 7) is 5.06. The minimum atomic E-state index is -0.265. The summed E-state index contributed by atoms with van der Waals surface area (Å²) in [5.74, 6) is 1.73. The summed E-state index contributed by atoms with van der Waals surface area (Å²) in [4.78, 5) is 7.72. The third-order valence-corrected chi connectivity index (χ3v) is 4.09. The van der Waals surface area contributed by atoms with Crippen molar-refractivity contribution < 1.29 is 4.39 Å². The zero-order valence-corrected chi connectivity index (χ0v) is 14.0. The molecule has 0 spiro atoms. The molecule has 5 heteroatoms. The van der Waals surface area contributed by atoms with Crippen molar-refractivity contribution in [1.29, 1.82) is 0 Å². The Hall–Kier alpha value is -1.20. The van der Waals surface area contributed by atoms with Crippen LogP contribution in [0.5, 0.6) is 0 Å². The SMILES string of the molecule is CC(C)CC(CN)Cc1ncc(-c2ccc(F)c(Br)c2)[nH]1. The normalized spacial score (nSPS) is 12.9. The quantitative estimate of drug-likeness (QED) is 0.819. The first-order chi connectivity index (χ1) is 9.99. The predicted molar refractivity (Wildman–Crippen MR) is 87.4 cm³/mol. The number of imidazole rings is 1. The summed E-state index contributed by atoms with van der Waals surface area (Å²) in [5, 5.41) is 0. The maximum Gasteiger partial charge on any atom is 0.137 e. The highest BCUT2D eigenvalue weighted by molar-refractivity contribution is 9.10. The summed E-state index contributed by atoms with van der Waals surface area (Å²) >= 11 is 3.20. The van der Waals surface area contributed by atoms with E-state index in [1.165, 1.54) is 6.07 Å². The van der Waals surface area contributed by atoms with Crippen LogP contribution in [0.4, 0.5) is 4.39 Å². The van der Waals surface area contributed by atoms with Gasteiger partial charge in [-0.3, -0.25) is 0 Å². The molecule has 0 aliphatic rings. The van der Waals surface area contributed by atoms with Gasteiger partial charge in [0.05, 0.1) is 16.4 Å². The van der Waals surface area contributed by atoms with Crippen molar-refractivity contribution in [3.8, 4) is 11.3 Å². The Labute approximate surface area is 133 Å². The molecule has 3 N–H and O–H groups in total. The number of nitrogens with zero attached hydrogens (tertiary/aromatic N) is 1. The smallest absolute Gasteiger partial charge is 0.137 e. The number of aromatic nitrogens is 2. The summed E-state index contributed by atoms with van der Waals surface area (Å²) in [6, 6.07) is 4.94. The van der Waals surface area contributed by atoms with Crippen molar-refractivity contribution >= 4 is 15.9 Å². The molecule has 3 nitrogen and oxygen atoms in total. The fourth-order valence-corrected chi connectivity index (χ4v) is 2.86. The van der Waals surface area contributed by atoms with Gasteiger partial charge < -0.3 is 10.7 Å². The van der Waals surface area contributed by atoms with Gasteiger partial charge in [0.1, 0.15) is 11.6 Å². The first kappa shape index (κ1) is 16.2. The number of rotatable bonds is 6. The lowest BCUT2D eigenvalue weighted by Crippen LogP contribution is -2.19. The van der Waals surface area contributed by atoms with Gasteiger partial charge in [0.2, 0.25) is 0 Å². The number of nitrogens with one attached hydrogen (secondary N) is 1. The Morgan fingerprint density at radius 3 is 2.76 bits per heavy atom. The molecule has 2 rings (SSSR count). The molecule has 0 amide bonds. The number of aromatic amines is 1. The van der Waals surface area contributed by atoms with E-state index in [1.807, 2.05) is 0 Å². The molecule has 1 aromatic carbocycles. The number of hydrogen-bond acceptors (Lipinski definition) is 2. The zero-order valence-electron chi connectivity index (χ0n) is 12.4. The van der Waals surface area contributed by atoms with Crippen molar-refractivity contribution in [1.82, 2.24) is 9.97 Å². The molecule has 2 aromatic rings. The van der Waals surface area contributed by atoms with Crippen LogP contribution in [0.25, 0.3) is 11.3 Å². The van der Waals surface area contributed by atoms with E-state index in [4.69, 9.17) is 5.73 Å². The molecule has 0 radical (unpaired) electrons. The highest BCUT2D eigenvalue weighted by atomic mass is 79.9. The number of nitrogens with two attached hydrogens (primary N) is 1. The second-order valence-corrected chi connectivity index (χ2v) is 6.66. The van der Waals surface area contributed by atoms with E-state index < -0.39 is 0 Å². The topological polar surface area (TPSA) is 54.7 Å². The Balaban J connectivity index is 2.11. The molecule has 1 unspecified atom stereocenters. The Kier molecular flexibility index (Phi) is 5.53. The molecular weight excluding hydrogens is 333 g/mol. The van der Waals surface area contributed by atoms with Crippen LogP contribution in [-0.2, 0) is 6.42 Å². The molecular formula is C16H21BrFN3. The van der Waals surface area contributed by atoms with Crippen LogP contribution in [0, 0.1) is 17.7 Å². The van der Waals surface area contributed by atoms with Gasteiger partial charge in [-0.2, -0.15) is 0 Å². The van der Waals surface area contributed by atoms with Crippen molar-refractivity contribution in [2.45, 2.75) is 26.7 Å².